The molecule has 0 saturated heterocycles. The summed E-state index contributed by atoms with van der Waals surface area (Å²) in [7, 11) is 0. The van der Waals surface area contributed by atoms with Crippen LogP contribution in [0.5, 0.6) is 0 Å². The van der Waals surface area contributed by atoms with Crippen LogP contribution in [0, 0.1) is 0 Å². The van der Waals surface area contributed by atoms with Crippen LogP contribution in [0.25, 0.3) is 32.5 Å². The first-order chi connectivity index (χ1) is 15.7. The largest absolute Gasteiger partial charge is 0.293 e. The summed E-state index contributed by atoms with van der Waals surface area (Å²) >= 11 is 9.07. The molecule has 0 amide bonds. The molecule has 0 aliphatic heterocycles. The Labute approximate surface area is 199 Å². The first kappa shape index (κ1) is 20.9. The van der Waals surface area contributed by atoms with Gasteiger partial charge in [-0.05, 0) is 28.8 Å². The second-order valence-electron chi connectivity index (χ2n) is 7.17. The van der Waals surface area contributed by atoms with E-state index in [1.165, 1.54) is 11.8 Å². The van der Waals surface area contributed by atoms with Crippen LogP contribution in [0.4, 0.5) is 0 Å². The van der Waals surface area contributed by atoms with Gasteiger partial charge < -0.3 is 0 Å². The minimum absolute atomic E-state index is 0.0737. The van der Waals surface area contributed by atoms with Crippen LogP contribution in [0.15, 0.2) is 95.6 Å². The van der Waals surface area contributed by atoms with Crippen molar-refractivity contribution in [2.45, 2.75) is 5.03 Å². The number of halogens is 1. The summed E-state index contributed by atoms with van der Waals surface area (Å²) in [6, 6.07) is 25.6. The second kappa shape index (κ2) is 9.25. The Hall–Kier alpha value is -2.99. The zero-order valence-electron chi connectivity index (χ0n) is 16.9. The van der Waals surface area contributed by atoms with E-state index in [4.69, 9.17) is 11.6 Å². The van der Waals surface area contributed by atoms with Crippen molar-refractivity contribution >= 4 is 50.7 Å². The van der Waals surface area contributed by atoms with Gasteiger partial charge in [0.15, 0.2) is 5.78 Å². The molecule has 3 aromatic carbocycles. The van der Waals surface area contributed by atoms with Gasteiger partial charge in [0.05, 0.1) is 11.1 Å². The Kier molecular flexibility index (Phi) is 6.04. The van der Waals surface area contributed by atoms with Crippen LogP contribution in [0.2, 0.25) is 5.02 Å². The van der Waals surface area contributed by atoms with E-state index in [0.29, 0.717) is 16.3 Å². The van der Waals surface area contributed by atoms with Gasteiger partial charge >= 0.3 is 0 Å². The van der Waals surface area contributed by atoms with E-state index in [9.17, 15) is 4.79 Å². The zero-order chi connectivity index (χ0) is 21.9. The first-order valence-corrected chi connectivity index (χ1v) is 12.2. The third-order valence-electron chi connectivity index (χ3n) is 5.14. The highest BCUT2D eigenvalue weighted by Gasteiger charge is 2.15. The maximum absolute atomic E-state index is 12.9. The number of thiophene rings is 1. The number of rotatable bonds is 6. The molecule has 0 atom stereocenters. The Morgan fingerprint density at radius 1 is 0.844 bits per heavy atom. The Morgan fingerprint density at radius 2 is 1.53 bits per heavy atom. The number of thioether (sulfide) groups is 1. The number of fused-ring (bicyclic) bond motifs is 1. The lowest BCUT2D eigenvalue weighted by Gasteiger charge is -2.06. The van der Waals surface area contributed by atoms with Gasteiger partial charge in [-0.3, -0.25) is 4.79 Å². The van der Waals surface area contributed by atoms with Gasteiger partial charge in [0.2, 0.25) is 0 Å². The zero-order valence-corrected chi connectivity index (χ0v) is 19.3. The highest BCUT2D eigenvalue weighted by molar-refractivity contribution is 8.00. The lowest BCUT2D eigenvalue weighted by atomic mass is 10.0. The van der Waals surface area contributed by atoms with E-state index in [1.807, 2.05) is 66.7 Å². The van der Waals surface area contributed by atoms with E-state index < -0.39 is 0 Å². The van der Waals surface area contributed by atoms with Crippen LogP contribution in [-0.4, -0.2) is 21.5 Å². The van der Waals surface area contributed by atoms with Gasteiger partial charge in [0.1, 0.15) is 16.2 Å². The van der Waals surface area contributed by atoms with Crippen molar-refractivity contribution in [1.29, 1.82) is 0 Å². The molecule has 0 fully saturated rings. The standard InChI is InChI=1S/C26H17ClN2OS2/c27-21-12-10-19(11-13-21)22-14-31-25-24(22)26(29-16-28-25)32-15-23(30)20-8-6-18(7-9-20)17-4-2-1-3-5-17/h1-14,16H,15H2. The van der Waals surface area contributed by atoms with E-state index in [0.717, 1.165) is 37.5 Å². The van der Waals surface area contributed by atoms with Crippen LogP contribution in [-0.2, 0) is 0 Å². The fourth-order valence-electron chi connectivity index (χ4n) is 3.50. The molecule has 0 radical (unpaired) electrons. The molecule has 0 aliphatic carbocycles. The number of carbonyl (C=O) groups excluding carboxylic acids is 1. The van der Waals surface area contributed by atoms with E-state index >= 15 is 0 Å². The van der Waals surface area contributed by atoms with Gasteiger partial charge in [-0.15, -0.1) is 11.3 Å². The summed E-state index contributed by atoms with van der Waals surface area (Å²) in [6.07, 6.45) is 1.56. The second-order valence-corrected chi connectivity index (χ2v) is 9.43. The van der Waals surface area contributed by atoms with Crippen LogP contribution >= 0.6 is 34.7 Å². The summed E-state index contributed by atoms with van der Waals surface area (Å²) in [5.41, 5.74) is 5.05. The van der Waals surface area contributed by atoms with Crippen molar-refractivity contribution in [3.05, 3.63) is 101 Å². The van der Waals surface area contributed by atoms with Crippen molar-refractivity contribution in [3.63, 3.8) is 0 Å². The molecule has 5 rings (SSSR count). The molecule has 0 saturated carbocycles. The van der Waals surface area contributed by atoms with Crippen molar-refractivity contribution in [3.8, 4) is 22.3 Å². The predicted molar refractivity (Wildman–Crippen MR) is 135 cm³/mol. The van der Waals surface area contributed by atoms with Gasteiger partial charge in [-0.2, -0.15) is 0 Å². The number of ketones is 1. The van der Waals surface area contributed by atoms with Crippen molar-refractivity contribution in [2.75, 3.05) is 5.75 Å². The normalized spacial score (nSPS) is 11.0. The maximum atomic E-state index is 12.9. The number of hydrogen-bond donors (Lipinski definition) is 0. The molecule has 32 heavy (non-hydrogen) atoms. The SMILES string of the molecule is O=C(CSc1ncnc2scc(-c3ccc(Cl)cc3)c12)c1ccc(-c2ccccc2)cc1. The molecule has 2 heterocycles. The van der Waals surface area contributed by atoms with Crippen molar-refractivity contribution < 1.29 is 4.79 Å². The van der Waals surface area contributed by atoms with Crippen molar-refractivity contribution in [1.82, 2.24) is 9.97 Å². The third-order valence-corrected chi connectivity index (χ3v) is 7.27. The monoisotopic (exact) mass is 472 g/mol. The molecular formula is C26H17ClN2OS2. The van der Waals surface area contributed by atoms with Gasteiger partial charge in [-0.25, -0.2) is 9.97 Å². The number of Topliss-reactive ketones (excluding diaryl/α,β-unsaturated/α-hetero) is 1. The molecular weight excluding hydrogens is 456 g/mol. The van der Waals surface area contributed by atoms with Crippen LogP contribution in [0.3, 0.4) is 0 Å². The molecule has 5 aromatic rings. The molecule has 0 spiro atoms. The fraction of sp³-hybridized carbons (Fsp3) is 0.0385. The number of nitrogens with zero attached hydrogens (tertiary/aromatic N) is 2. The Balaban J connectivity index is 1.36. The van der Waals surface area contributed by atoms with Crippen LogP contribution < -0.4 is 0 Å². The summed E-state index contributed by atoms with van der Waals surface area (Å²) < 4.78 is 0. The summed E-state index contributed by atoms with van der Waals surface area (Å²) in [6.45, 7) is 0. The summed E-state index contributed by atoms with van der Waals surface area (Å²) in [5, 5.41) is 4.58. The first-order valence-electron chi connectivity index (χ1n) is 9.98. The minimum atomic E-state index is 0.0737. The lowest BCUT2D eigenvalue weighted by Crippen LogP contribution is -2.02. The molecule has 6 heteroatoms. The quantitative estimate of drug-likeness (QED) is 0.144. The maximum Gasteiger partial charge on any atom is 0.173 e. The molecule has 156 valence electrons. The van der Waals surface area contributed by atoms with E-state index in [-0.39, 0.29) is 5.78 Å². The molecule has 0 bridgehead atoms. The number of benzene rings is 3. The van der Waals surface area contributed by atoms with Gasteiger partial charge in [0.25, 0.3) is 0 Å². The summed E-state index contributed by atoms with van der Waals surface area (Å²) in [5.74, 6) is 0.386. The number of hydrogen-bond acceptors (Lipinski definition) is 5. The molecule has 0 aliphatic rings. The Morgan fingerprint density at radius 3 is 2.28 bits per heavy atom. The third kappa shape index (κ3) is 4.32. The molecule has 3 nitrogen and oxygen atoms in total. The smallest absolute Gasteiger partial charge is 0.173 e. The topological polar surface area (TPSA) is 42.9 Å². The average molecular weight is 473 g/mol. The van der Waals surface area contributed by atoms with E-state index in [1.54, 1.807) is 17.7 Å². The Bertz CT molecular complexity index is 1380. The lowest BCUT2D eigenvalue weighted by molar-refractivity contribution is 0.102. The predicted octanol–water partition coefficient (Wildman–Crippen LogP) is 7.65. The molecule has 0 unspecified atom stereocenters. The van der Waals surface area contributed by atoms with Crippen molar-refractivity contribution in [2.24, 2.45) is 0 Å². The summed E-state index contributed by atoms with van der Waals surface area (Å²) in [4.78, 5) is 22.7. The van der Waals surface area contributed by atoms with Crippen LogP contribution in [0.1, 0.15) is 10.4 Å². The highest BCUT2D eigenvalue weighted by Crippen LogP contribution is 2.38. The minimum Gasteiger partial charge on any atom is -0.293 e. The number of aromatic nitrogens is 2. The van der Waals surface area contributed by atoms with Gasteiger partial charge in [0, 0.05) is 21.5 Å². The van der Waals surface area contributed by atoms with E-state index in [2.05, 4.69) is 27.5 Å². The molecule has 2 aromatic heterocycles. The average Bonchev–Trinajstić information content (AvgIpc) is 3.28. The molecule has 0 N–H and O–H groups in total. The fourth-order valence-corrected chi connectivity index (χ4v) is 5.51. The number of carbonyl (C=O) groups is 1. The van der Waals surface area contributed by atoms with Gasteiger partial charge in [-0.1, -0.05) is 90.1 Å². The highest BCUT2D eigenvalue weighted by atomic mass is 35.5.